The molecule has 0 aliphatic rings. The molecule has 0 heterocycles. The van der Waals surface area contributed by atoms with Gasteiger partial charge in [-0.25, -0.2) is 9.78 Å². The minimum absolute atomic E-state index is 0.0402. The van der Waals surface area contributed by atoms with E-state index in [0.717, 1.165) is 38.1 Å². The van der Waals surface area contributed by atoms with E-state index >= 15 is 0 Å². The van der Waals surface area contributed by atoms with E-state index in [-0.39, 0.29) is 11.6 Å². The van der Waals surface area contributed by atoms with Crippen molar-refractivity contribution in [2.75, 3.05) is 19.8 Å². The van der Waals surface area contributed by atoms with Crippen LogP contribution in [0.15, 0.2) is 0 Å². The van der Waals surface area contributed by atoms with Crippen molar-refractivity contribution < 1.29 is 23.7 Å². The molecule has 0 aromatic heterocycles. The number of carbonyl (C=O) groups excluding carboxylic acids is 1. The van der Waals surface area contributed by atoms with E-state index < -0.39 is 21.8 Å². The fourth-order valence-electron chi connectivity index (χ4n) is 5.99. The van der Waals surface area contributed by atoms with Crippen molar-refractivity contribution in [3.8, 4) is 0 Å². The van der Waals surface area contributed by atoms with Gasteiger partial charge in [-0.1, -0.05) is 79.9 Å². The smallest absolute Gasteiger partial charge is 0.311 e. The number of carbonyl (C=O) groups is 1. The van der Waals surface area contributed by atoms with E-state index in [1.165, 1.54) is 24.9 Å². The lowest BCUT2D eigenvalue weighted by molar-refractivity contribution is -0.296. The summed E-state index contributed by atoms with van der Waals surface area (Å²) in [5.74, 6) is 1.21. The Bertz CT molecular complexity index is 665. The van der Waals surface area contributed by atoms with Gasteiger partial charge in [0, 0.05) is 5.60 Å². The van der Waals surface area contributed by atoms with Gasteiger partial charge in [0.1, 0.15) is 0 Å². The molecule has 0 amide bonds. The fraction of sp³-hybridized carbons (Fsp3) is 0.969. The fourth-order valence-corrected chi connectivity index (χ4v) is 12.7. The third-order valence-corrected chi connectivity index (χ3v) is 14.5. The van der Waals surface area contributed by atoms with Crippen LogP contribution in [0, 0.1) is 23.2 Å². The molecule has 5 nitrogen and oxygen atoms in total. The molecule has 0 aromatic rings. The first-order valence-corrected chi connectivity index (χ1v) is 22.6. The average molecular weight is 589 g/mol. The van der Waals surface area contributed by atoms with Crippen molar-refractivity contribution in [1.29, 1.82) is 0 Å². The molecule has 234 valence electrons. The number of unbranched alkanes of at least 4 members (excludes halogenated alkanes) is 1. The molecule has 0 spiro atoms. The van der Waals surface area contributed by atoms with Gasteiger partial charge in [0.15, 0.2) is 8.32 Å². The first-order chi connectivity index (χ1) is 17.9. The van der Waals surface area contributed by atoms with Crippen LogP contribution in [0.4, 0.5) is 0 Å². The minimum Gasteiger partial charge on any atom is -0.465 e. The molecule has 3 unspecified atom stereocenters. The molecule has 0 rings (SSSR count). The maximum absolute atomic E-state index is 12.8. The number of rotatable bonds is 23. The zero-order valence-electron chi connectivity index (χ0n) is 28.5. The van der Waals surface area contributed by atoms with E-state index in [1.54, 1.807) is 0 Å². The third kappa shape index (κ3) is 17.4. The zero-order valence-corrected chi connectivity index (χ0v) is 30.5. The lowest BCUT2D eigenvalue weighted by atomic mass is 9.73. The zero-order chi connectivity index (χ0) is 30.3. The highest BCUT2D eigenvalue weighted by Crippen LogP contribution is 2.37. The van der Waals surface area contributed by atoms with Gasteiger partial charge in [-0.2, -0.15) is 0 Å². The van der Waals surface area contributed by atoms with Gasteiger partial charge in [-0.05, 0) is 89.4 Å². The molecule has 0 aromatic carbocycles. The summed E-state index contributed by atoms with van der Waals surface area (Å²) in [4.78, 5) is 23.9. The minimum atomic E-state index is -1.78. The Morgan fingerprint density at radius 2 is 1.49 bits per heavy atom. The Hall–Kier alpha value is -0.216. The summed E-state index contributed by atoms with van der Waals surface area (Å²) in [6.07, 6.45) is 7.21. The van der Waals surface area contributed by atoms with Crippen LogP contribution in [-0.2, 0) is 23.7 Å². The van der Waals surface area contributed by atoms with Gasteiger partial charge in [0.2, 0.25) is 0 Å². The van der Waals surface area contributed by atoms with E-state index in [4.69, 9.17) is 18.9 Å². The summed E-state index contributed by atoms with van der Waals surface area (Å²) < 4.78 is 12.4. The second-order valence-corrected chi connectivity index (χ2v) is 24.3. The van der Waals surface area contributed by atoms with Gasteiger partial charge >= 0.3 is 5.97 Å². The number of hydrogen-bond donors (Lipinski definition) is 0. The first-order valence-electron chi connectivity index (χ1n) is 16.0. The summed E-state index contributed by atoms with van der Waals surface area (Å²) in [6, 6.07) is 3.70. The van der Waals surface area contributed by atoms with Crippen LogP contribution in [0.2, 0.25) is 44.3 Å². The number of ether oxygens (including phenoxy) is 1. The lowest BCUT2D eigenvalue weighted by Crippen LogP contribution is -2.45. The maximum Gasteiger partial charge on any atom is 0.311 e. The molecule has 0 saturated heterocycles. The largest absolute Gasteiger partial charge is 0.465 e. The summed E-state index contributed by atoms with van der Waals surface area (Å²) >= 11 is 0. The Balaban J connectivity index is 4.45. The van der Waals surface area contributed by atoms with E-state index in [2.05, 4.69) is 88.5 Å². The van der Waals surface area contributed by atoms with Gasteiger partial charge in [-0.15, -0.1) is 0 Å². The second kappa shape index (κ2) is 18.3. The van der Waals surface area contributed by atoms with Crippen molar-refractivity contribution in [2.45, 2.75) is 157 Å². The predicted molar refractivity (Wildman–Crippen MR) is 172 cm³/mol. The Kier molecular flexibility index (Phi) is 18.2. The SMILES string of the molecule is CCCC[Si](C)(C)CC(C)(C)O[Si](C)(C)CCCOOCCC(C)C(CC)CC(C)(CC)C(=O)OCC(C)C. The summed E-state index contributed by atoms with van der Waals surface area (Å²) in [5, 5.41) is 0. The molecule has 0 saturated carbocycles. The third-order valence-electron chi connectivity index (χ3n) is 8.27. The van der Waals surface area contributed by atoms with Gasteiger partial charge in [0.05, 0.1) is 33.3 Å². The molecule has 0 bridgehead atoms. The van der Waals surface area contributed by atoms with Crippen LogP contribution in [0.3, 0.4) is 0 Å². The van der Waals surface area contributed by atoms with Crippen LogP contribution in [0.5, 0.6) is 0 Å². The van der Waals surface area contributed by atoms with E-state index in [9.17, 15) is 4.79 Å². The molecule has 0 fully saturated rings. The van der Waals surface area contributed by atoms with Crippen LogP contribution < -0.4 is 0 Å². The molecular weight excluding hydrogens is 521 g/mol. The summed E-state index contributed by atoms with van der Waals surface area (Å²) in [7, 11) is -3.01. The van der Waals surface area contributed by atoms with Gasteiger partial charge in [0.25, 0.3) is 0 Å². The predicted octanol–water partition coefficient (Wildman–Crippen LogP) is 9.89. The van der Waals surface area contributed by atoms with Crippen LogP contribution in [0.25, 0.3) is 0 Å². The van der Waals surface area contributed by atoms with Gasteiger partial charge < -0.3 is 9.16 Å². The molecule has 39 heavy (non-hydrogen) atoms. The normalized spacial score (nSPS) is 16.3. The molecule has 0 aliphatic carbocycles. The van der Waals surface area contributed by atoms with Crippen LogP contribution >= 0.6 is 0 Å². The molecule has 7 heteroatoms. The van der Waals surface area contributed by atoms with Crippen LogP contribution in [0.1, 0.15) is 107 Å². The molecule has 0 aliphatic heterocycles. The van der Waals surface area contributed by atoms with Crippen LogP contribution in [-0.4, -0.2) is 47.8 Å². The van der Waals surface area contributed by atoms with Crippen molar-refractivity contribution in [3.05, 3.63) is 0 Å². The molecule has 3 atom stereocenters. The Morgan fingerprint density at radius 1 is 0.872 bits per heavy atom. The Labute approximate surface area is 245 Å². The number of esters is 1. The maximum atomic E-state index is 12.8. The molecular formula is C32H68O5Si2. The van der Waals surface area contributed by atoms with E-state index in [0.29, 0.717) is 37.6 Å². The summed E-state index contributed by atoms with van der Waals surface area (Å²) in [6.45, 7) is 31.1. The number of hydrogen-bond acceptors (Lipinski definition) is 5. The van der Waals surface area contributed by atoms with Crippen molar-refractivity contribution in [3.63, 3.8) is 0 Å². The van der Waals surface area contributed by atoms with E-state index in [1.807, 2.05) is 0 Å². The molecule has 0 radical (unpaired) electrons. The van der Waals surface area contributed by atoms with Gasteiger partial charge in [-0.3, -0.25) is 4.79 Å². The monoisotopic (exact) mass is 588 g/mol. The highest BCUT2D eigenvalue weighted by atomic mass is 28.4. The highest BCUT2D eigenvalue weighted by Gasteiger charge is 2.37. The lowest BCUT2D eigenvalue weighted by Gasteiger charge is -2.39. The first kappa shape index (κ1) is 38.8. The molecule has 0 N–H and O–H groups in total. The quantitative estimate of drug-likeness (QED) is 0.0391. The van der Waals surface area contributed by atoms with Crippen molar-refractivity contribution in [2.24, 2.45) is 23.2 Å². The second-order valence-electron chi connectivity index (χ2n) is 14.9. The average Bonchev–Trinajstić information content (AvgIpc) is 2.81. The Morgan fingerprint density at radius 3 is 2.03 bits per heavy atom. The standard InChI is InChI=1S/C32H68O5Si2/c1-14-17-22-38(10,11)26-31(7,8)37-39(12,13)23-18-20-35-36-21-19-28(6)29(15-2)24-32(9,16-3)30(33)34-25-27(4)5/h27-29H,14-26H2,1-13H3. The topological polar surface area (TPSA) is 54.0 Å². The van der Waals surface area contributed by atoms with Crippen molar-refractivity contribution in [1.82, 2.24) is 0 Å². The van der Waals surface area contributed by atoms with Crippen molar-refractivity contribution >= 4 is 22.4 Å². The highest BCUT2D eigenvalue weighted by molar-refractivity contribution is 6.77. The summed E-state index contributed by atoms with van der Waals surface area (Å²) in [5.41, 5.74) is -0.469.